The van der Waals surface area contributed by atoms with Gasteiger partial charge in [-0.2, -0.15) is 0 Å². The molecule has 21 heavy (non-hydrogen) atoms. The first-order valence-electron chi connectivity index (χ1n) is 7.94. The van der Waals surface area contributed by atoms with Gasteiger partial charge in [0, 0.05) is 13.1 Å². The topological polar surface area (TPSA) is 58.4 Å². The van der Waals surface area contributed by atoms with Crippen LogP contribution < -0.4 is 11.3 Å². The van der Waals surface area contributed by atoms with Gasteiger partial charge >= 0.3 is 0 Å². The van der Waals surface area contributed by atoms with Crippen LogP contribution in [0.5, 0.6) is 0 Å². The van der Waals surface area contributed by atoms with Crippen LogP contribution >= 0.6 is 0 Å². The summed E-state index contributed by atoms with van der Waals surface area (Å²) in [6, 6.07) is 9.88. The van der Waals surface area contributed by atoms with Gasteiger partial charge in [0.15, 0.2) is 0 Å². The molecule has 1 aromatic rings. The monoisotopic (exact) mass is 289 g/mol. The first-order valence-corrected chi connectivity index (χ1v) is 7.94. The van der Waals surface area contributed by atoms with Crippen molar-refractivity contribution in [3.8, 4) is 0 Å². The summed E-state index contributed by atoms with van der Waals surface area (Å²) in [5.41, 5.74) is 3.33. The standard InChI is InChI=1S/C17H27N3O/c1-20(12-14-8-4-2-5-9-14)13-16(17(21)19-18)15-10-6-3-7-11-15/h3,6-7,10-11,14,16H,2,4-5,8-9,12-13,18H2,1H3,(H,19,21). The molecule has 2 rings (SSSR count). The van der Waals surface area contributed by atoms with Gasteiger partial charge in [-0.3, -0.25) is 10.2 Å². The van der Waals surface area contributed by atoms with Gasteiger partial charge in [0.1, 0.15) is 0 Å². The number of nitrogens with zero attached hydrogens (tertiary/aromatic N) is 1. The molecule has 1 amide bonds. The lowest BCUT2D eigenvalue weighted by Gasteiger charge is -2.29. The number of likely N-dealkylation sites (N-methyl/N-ethyl adjacent to an activating group) is 1. The molecule has 1 aromatic carbocycles. The number of rotatable bonds is 6. The van der Waals surface area contributed by atoms with Crippen molar-refractivity contribution in [2.75, 3.05) is 20.1 Å². The number of carbonyl (C=O) groups excluding carboxylic acids is 1. The van der Waals surface area contributed by atoms with E-state index in [9.17, 15) is 4.79 Å². The number of nitrogens with one attached hydrogen (secondary N) is 1. The van der Waals surface area contributed by atoms with Crippen molar-refractivity contribution < 1.29 is 4.79 Å². The zero-order valence-corrected chi connectivity index (χ0v) is 12.9. The van der Waals surface area contributed by atoms with Gasteiger partial charge in [0.05, 0.1) is 5.92 Å². The molecule has 1 atom stereocenters. The van der Waals surface area contributed by atoms with Crippen molar-refractivity contribution in [2.24, 2.45) is 11.8 Å². The highest BCUT2D eigenvalue weighted by molar-refractivity contribution is 5.83. The summed E-state index contributed by atoms with van der Waals surface area (Å²) in [7, 11) is 2.11. The second kappa shape index (κ2) is 8.15. The summed E-state index contributed by atoms with van der Waals surface area (Å²) in [5, 5.41) is 0. The molecule has 1 aliphatic carbocycles. The number of benzene rings is 1. The van der Waals surface area contributed by atoms with Crippen molar-refractivity contribution >= 4 is 5.91 Å². The molecule has 0 radical (unpaired) electrons. The average Bonchev–Trinajstić information content (AvgIpc) is 2.53. The van der Waals surface area contributed by atoms with Crippen LogP contribution in [0.4, 0.5) is 0 Å². The van der Waals surface area contributed by atoms with Gasteiger partial charge < -0.3 is 4.90 Å². The molecule has 0 aromatic heterocycles. The van der Waals surface area contributed by atoms with Crippen LogP contribution in [0.3, 0.4) is 0 Å². The van der Waals surface area contributed by atoms with Crippen LogP contribution in [-0.4, -0.2) is 30.9 Å². The summed E-state index contributed by atoms with van der Waals surface area (Å²) < 4.78 is 0. The van der Waals surface area contributed by atoms with E-state index in [1.165, 1.54) is 32.1 Å². The van der Waals surface area contributed by atoms with Gasteiger partial charge in [-0.05, 0) is 31.4 Å². The van der Waals surface area contributed by atoms with Crippen LogP contribution in [0.2, 0.25) is 0 Å². The molecule has 116 valence electrons. The van der Waals surface area contributed by atoms with Gasteiger partial charge in [-0.1, -0.05) is 49.6 Å². The largest absolute Gasteiger partial charge is 0.305 e. The third kappa shape index (κ3) is 4.83. The number of hydrazine groups is 1. The Kier molecular flexibility index (Phi) is 6.21. The number of carbonyl (C=O) groups is 1. The Labute approximate surface area is 127 Å². The Morgan fingerprint density at radius 2 is 1.95 bits per heavy atom. The Balaban J connectivity index is 1.96. The molecule has 1 aliphatic rings. The highest BCUT2D eigenvalue weighted by Crippen LogP contribution is 2.25. The minimum atomic E-state index is -0.204. The molecule has 4 nitrogen and oxygen atoms in total. The van der Waals surface area contributed by atoms with Gasteiger partial charge in [-0.15, -0.1) is 0 Å². The summed E-state index contributed by atoms with van der Waals surface area (Å²) in [4.78, 5) is 14.4. The summed E-state index contributed by atoms with van der Waals surface area (Å²) in [6.07, 6.45) is 6.73. The molecular weight excluding hydrogens is 262 g/mol. The highest BCUT2D eigenvalue weighted by atomic mass is 16.2. The van der Waals surface area contributed by atoms with E-state index in [2.05, 4.69) is 17.4 Å². The quantitative estimate of drug-likeness (QED) is 0.480. The van der Waals surface area contributed by atoms with Gasteiger partial charge in [0.25, 0.3) is 0 Å². The summed E-state index contributed by atoms with van der Waals surface area (Å²) in [6.45, 7) is 1.78. The first kappa shape index (κ1) is 16.0. The smallest absolute Gasteiger partial charge is 0.242 e. The van der Waals surface area contributed by atoms with Crippen molar-refractivity contribution in [1.29, 1.82) is 0 Å². The van der Waals surface area contributed by atoms with Gasteiger partial charge in [-0.25, -0.2) is 5.84 Å². The predicted molar refractivity (Wildman–Crippen MR) is 85.6 cm³/mol. The molecule has 1 unspecified atom stereocenters. The Bertz CT molecular complexity index is 429. The molecule has 1 fully saturated rings. The molecule has 0 heterocycles. The molecule has 0 spiro atoms. The Hall–Kier alpha value is -1.39. The first-order chi connectivity index (χ1) is 10.2. The number of nitrogens with two attached hydrogens (primary N) is 1. The second-order valence-electron chi connectivity index (χ2n) is 6.20. The predicted octanol–water partition coefficient (Wildman–Crippen LogP) is 2.27. The van der Waals surface area contributed by atoms with Crippen LogP contribution in [-0.2, 0) is 4.79 Å². The van der Waals surface area contributed by atoms with Gasteiger partial charge in [0.2, 0.25) is 5.91 Å². The van der Waals surface area contributed by atoms with E-state index in [1.54, 1.807) is 0 Å². The van der Waals surface area contributed by atoms with Crippen molar-refractivity contribution in [2.45, 2.75) is 38.0 Å². The van der Waals surface area contributed by atoms with E-state index in [4.69, 9.17) is 5.84 Å². The molecule has 4 heteroatoms. The fourth-order valence-electron chi connectivity index (χ4n) is 3.32. The lowest BCUT2D eigenvalue weighted by Crippen LogP contribution is -2.40. The van der Waals surface area contributed by atoms with E-state index in [0.717, 1.165) is 18.0 Å². The lowest BCUT2D eigenvalue weighted by molar-refractivity contribution is -0.123. The third-order valence-electron chi connectivity index (χ3n) is 4.45. The van der Waals surface area contributed by atoms with Crippen molar-refractivity contribution in [3.05, 3.63) is 35.9 Å². The fraction of sp³-hybridized carbons (Fsp3) is 0.588. The van der Waals surface area contributed by atoms with Crippen LogP contribution in [0.25, 0.3) is 0 Å². The maximum absolute atomic E-state index is 12.1. The van der Waals surface area contributed by atoms with E-state index in [0.29, 0.717) is 6.54 Å². The van der Waals surface area contributed by atoms with E-state index in [1.807, 2.05) is 30.3 Å². The maximum atomic E-state index is 12.1. The average molecular weight is 289 g/mol. The van der Waals surface area contributed by atoms with Crippen LogP contribution in [0, 0.1) is 5.92 Å². The van der Waals surface area contributed by atoms with Crippen LogP contribution in [0.15, 0.2) is 30.3 Å². The highest BCUT2D eigenvalue weighted by Gasteiger charge is 2.23. The summed E-state index contributed by atoms with van der Waals surface area (Å²) >= 11 is 0. The van der Waals surface area contributed by atoms with Crippen LogP contribution in [0.1, 0.15) is 43.6 Å². The number of hydrogen-bond acceptors (Lipinski definition) is 3. The lowest BCUT2D eigenvalue weighted by atomic mass is 9.88. The SMILES string of the molecule is CN(CC1CCCCC1)CC(C(=O)NN)c1ccccc1. The normalized spacial score (nSPS) is 17.7. The molecule has 0 saturated heterocycles. The maximum Gasteiger partial charge on any atom is 0.242 e. The molecule has 3 N–H and O–H groups in total. The van der Waals surface area contributed by atoms with E-state index >= 15 is 0 Å². The fourth-order valence-corrected chi connectivity index (χ4v) is 3.32. The molecule has 1 saturated carbocycles. The second-order valence-corrected chi connectivity index (χ2v) is 6.20. The molecular formula is C17H27N3O. The Morgan fingerprint density at radius 1 is 1.29 bits per heavy atom. The summed E-state index contributed by atoms with van der Waals surface area (Å²) in [5.74, 6) is 5.81. The third-order valence-corrected chi connectivity index (χ3v) is 4.45. The minimum absolute atomic E-state index is 0.114. The van der Waals surface area contributed by atoms with E-state index < -0.39 is 0 Å². The molecule has 0 aliphatic heterocycles. The zero-order chi connectivity index (χ0) is 15.1. The van der Waals surface area contributed by atoms with E-state index in [-0.39, 0.29) is 11.8 Å². The Morgan fingerprint density at radius 3 is 2.57 bits per heavy atom. The zero-order valence-electron chi connectivity index (χ0n) is 12.9. The number of amides is 1. The minimum Gasteiger partial charge on any atom is -0.305 e. The van der Waals surface area contributed by atoms with Crippen molar-refractivity contribution in [1.82, 2.24) is 10.3 Å². The molecule has 0 bridgehead atoms. The number of hydrogen-bond donors (Lipinski definition) is 2. The van der Waals surface area contributed by atoms with Crippen molar-refractivity contribution in [3.63, 3.8) is 0 Å².